The molecule has 170 valence electrons. The normalized spacial score (nSPS) is 15.7. The third kappa shape index (κ3) is 4.17. The molecule has 7 nitrogen and oxygen atoms in total. The molecule has 0 saturated carbocycles. The van der Waals surface area contributed by atoms with Gasteiger partial charge >= 0.3 is 6.03 Å². The number of piperazine rings is 1. The van der Waals surface area contributed by atoms with Crippen molar-refractivity contribution in [3.63, 3.8) is 0 Å². The third-order valence-corrected chi connectivity index (χ3v) is 6.17. The van der Waals surface area contributed by atoms with Gasteiger partial charge in [-0.2, -0.15) is 0 Å². The van der Waals surface area contributed by atoms with Gasteiger partial charge in [0, 0.05) is 43.6 Å². The van der Waals surface area contributed by atoms with Crippen molar-refractivity contribution in [3.8, 4) is 0 Å². The molecule has 0 aliphatic carbocycles. The van der Waals surface area contributed by atoms with Crippen LogP contribution >= 0.6 is 12.4 Å². The second-order valence-corrected chi connectivity index (χ2v) is 8.46. The molecule has 2 aliphatic rings. The molecule has 2 aliphatic heterocycles. The Balaban J connectivity index is 0.00000289. The number of amides is 4. The van der Waals surface area contributed by atoms with Gasteiger partial charge in [0.25, 0.3) is 11.8 Å². The first-order chi connectivity index (χ1) is 14.8. The number of carbonyl (C=O) groups is 3. The second-order valence-electron chi connectivity index (χ2n) is 8.46. The Labute approximate surface area is 194 Å². The summed E-state index contributed by atoms with van der Waals surface area (Å²) < 4.78 is 0. The highest BCUT2D eigenvalue weighted by Crippen LogP contribution is 2.28. The number of imide groups is 1. The lowest BCUT2D eigenvalue weighted by Crippen LogP contribution is -2.50. The molecule has 0 spiro atoms. The summed E-state index contributed by atoms with van der Waals surface area (Å²) in [7, 11) is 0. The van der Waals surface area contributed by atoms with Gasteiger partial charge in [0.1, 0.15) is 0 Å². The van der Waals surface area contributed by atoms with Crippen LogP contribution in [0.1, 0.15) is 45.7 Å². The lowest BCUT2D eigenvalue weighted by atomic mass is 10.1. The molecule has 1 saturated heterocycles. The van der Waals surface area contributed by atoms with E-state index < -0.39 is 0 Å². The number of carbonyl (C=O) groups excluding carboxylic acids is 3. The number of rotatable bonds is 3. The summed E-state index contributed by atoms with van der Waals surface area (Å²) in [6.07, 6.45) is 0. The van der Waals surface area contributed by atoms with Gasteiger partial charge in [-0.15, -0.1) is 12.4 Å². The van der Waals surface area contributed by atoms with Crippen LogP contribution in [0.15, 0.2) is 36.4 Å². The van der Waals surface area contributed by atoms with E-state index in [4.69, 9.17) is 0 Å². The van der Waals surface area contributed by atoms with Crippen LogP contribution in [0.4, 0.5) is 16.2 Å². The monoisotopic (exact) mass is 456 g/mol. The fourth-order valence-corrected chi connectivity index (χ4v) is 4.24. The second kappa shape index (κ2) is 9.20. The van der Waals surface area contributed by atoms with E-state index in [1.54, 1.807) is 23.1 Å². The van der Waals surface area contributed by atoms with Crippen LogP contribution in [0.25, 0.3) is 0 Å². The average Bonchev–Trinajstić information content (AvgIpc) is 3.00. The zero-order chi connectivity index (χ0) is 22.3. The Bertz CT molecular complexity index is 1060. The van der Waals surface area contributed by atoms with Crippen LogP contribution in [0.3, 0.4) is 0 Å². The topological polar surface area (TPSA) is 73.0 Å². The van der Waals surface area contributed by atoms with Gasteiger partial charge < -0.3 is 15.1 Å². The first-order valence-corrected chi connectivity index (χ1v) is 10.7. The quantitative estimate of drug-likeness (QED) is 0.706. The molecule has 0 radical (unpaired) electrons. The molecule has 0 atom stereocenters. The molecule has 8 heteroatoms. The van der Waals surface area contributed by atoms with E-state index in [9.17, 15) is 14.4 Å². The van der Waals surface area contributed by atoms with Crippen molar-refractivity contribution in [3.05, 3.63) is 58.7 Å². The zero-order valence-corrected chi connectivity index (χ0v) is 19.7. The first kappa shape index (κ1) is 23.6. The van der Waals surface area contributed by atoms with Crippen molar-refractivity contribution in [2.75, 3.05) is 36.4 Å². The third-order valence-electron chi connectivity index (χ3n) is 6.17. The highest BCUT2D eigenvalue weighted by Gasteiger charge is 2.37. The van der Waals surface area contributed by atoms with Crippen molar-refractivity contribution >= 4 is 41.6 Å². The van der Waals surface area contributed by atoms with Crippen molar-refractivity contribution < 1.29 is 14.4 Å². The number of nitrogens with one attached hydrogen (secondary N) is 1. The van der Waals surface area contributed by atoms with Crippen LogP contribution in [-0.4, -0.2) is 59.9 Å². The minimum absolute atomic E-state index is 0. The van der Waals surface area contributed by atoms with E-state index in [0.29, 0.717) is 29.9 Å². The minimum Gasteiger partial charge on any atom is -0.368 e. The van der Waals surface area contributed by atoms with Crippen LogP contribution < -0.4 is 10.2 Å². The molecule has 1 N–H and O–H groups in total. The summed E-state index contributed by atoms with van der Waals surface area (Å²) in [5.74, 6) is -0.594. The van der Waals surface area contributed by atoms with E-state index in [2.05, 4.69) is 42.3 Å². The molecule has 2 aromatic carbocycles. The van der Waals surface area contributed by atoms with Crippen molar-refractivity contribution in [1.29, 1.82) is 0 Å². The maximum absolute atomic E-state index is 12.8. The van der Waals surface area contributed by atoms with Gasteiger partial charge in [0.15, 0.2) is 0 Å². The molecule has 0 aromatic heterocycles. The molecule has 2 aromatic rings. The predicted molar refractivity (Wildman–Crippen MR) is 128 cm³/mol. The van der Waals surface area contributed by atoms with Crippen molar-refractivity contribution in [2.24, 2.45) is 0 Å². The molecule has 2 heterocycles. The largest absolute Gasteiger partial charge is 0.368 e. The predicted octanol–water partition coefficient (Wildman–Crippen LogP) is 4.08. The summed E-state index contributed by atoms with van der Waals surface area (Å²) in [5, 5.41) is 2.88. The molecule has 4 rings (SSSR count). The summed E-state index contributed by atoms with van der Waals surface area (Å²) in [6, 6.07) is 10.8. The van der Waals surface area contributed by atoms with E-state index in [0.717, 1.165) is 13.1 Å². The number of nitrogens with zero attached hydrogens (tertiary/aromatic N) is 3. The molecule has 32 heavy (non-hydrogen) atoms. The number of urea groups is 1. The Hall–Kier alpha value is -3.06. The summed E-state index contributed by atoms with van der Waals surface area (Å²) in [6.45, 7) is 10.6. The molecule has 0 unspecified atom stereocenters. The van der Waals surface area contributed by atoms with Crippen LogP contribution in [0.2, 0.25) is 0 Å². The fourth-order valence-electron chi connectivity index (χ4n) is 4.24. The maximum Gasteiger partial charge on any atom is 0.321 e. The van der Waals surface area contributed by atoms with Gasteiger partial charge in [-0.1, -0.05) is 12.1 Å². The highest BCUT2D eigenvalue weighted by molar-refractivity contribution is 6.22. The highest BCUT2D eigenvalue weighted by atomic mass is 35.5. The van der Waals surface area contributed by atoms with E-state index in [1.807, 2.05) is 13.8 Å². The Kier molecular flexibility index (Phi) is 6.79. The molecule has 1 fully saturated rings. The summed E-state index contributed by atoms with van der Waals surface area (Å²) in [5.41, 5.74) is 5.01. The molecule has 4 amide bonds. The minimum atomic E-state index is -0.312. The first-order valence-electron chi connectivity index (χ1n) is 10.7. The van der Waals surface area contributed by atoms with Crippen molar-refractivity contribution in [1.82, 2.24) is 9.80 Å². The lowest BCUT2D eigenvalue weighted by molar-refractivity contribution is 0.0609. The smallest absolute Gasteiger partial charge is 0.321 e. The maximum atomic E-state index is 12.8. The van der Waals surface area contributed by atoms with Gasteiger partial charge in [-0.25, -0.2) is 4.79 Å². The van der Waals surface area contributed by atoms with Crippen LogP contribution in [-0.2, 0) is 0 Å². The standard InChI is InChI=1S/C24H28N4O3.ClH/c1-15(2)28-22(29)19-9-8-18(14-20(19)23(28)30)25-24(31)27-12-10-26(11-13-27)21-7-5-6-16(3)17(21)4;/h5-9,14-15H,10-13H2,1-4H3,(H,25,31);1H. The number of aryl methyl sites for hydroxylation is 1. The number of anilines is 2. The number of benzene rings is 2. The Morgan fingerprint density at radius 1 is 0.938 bits per heavy atom. The number of fused-ring (bicyclic) bond motifs is 1. The van der Waals surface area contributed by atoms with Gasteiger partial charge in [0.2, 0.25) is 0 Å². The fraction of sp³-hybridized carbons (Fsp3) is 0.375. The number of hydrogen-bond acceptors (Lipinski definition) is 4. The van der Waals surface area contributed by atoms with E-state index >= 15 is 0 Å². The van der Waals surface area contributed by atoms with Crippen LogP contribution in [0.5, 0.6) is 0 Å². The van der Waals surface area contributed by atoms with Gasteiger partial charge in [0.05, 0.1) is 11.1 Å². The Morgan fingerprint density at radius 3 is 2.25 bits per heavy atom. The SMILES string of the molecule is Cc1cccc(N2CCN(C(=O)Nc3ccc4c(c3)C(=O)N(C(C)C)C4=O)CC2)c1C.Cl. The van der Waals surface area contributed by atoms with Gasteiger partial charge in [-0.05, 0) is 63.1 Å². The average molecular weight is 457 g/mol. The number of halogens is 1. The van der Waals surface area contributed by atoms with E-state index in [1.165, 1.54) is 21.7 Å². The van der Waals surface area contributed by atoms with Gasteiger partial charge in [-0.3, -0.25) is 14.5 Å². The number of hydrogen-bond donors (Lipinski definition) is 1. The molecular formula is C24H29ClN4O3. The molecular weight excluding hydrogens is 428 g/mol. The van der Waals surface area contributed by atoms with Crippen molar-refractivity contribution in [2.45, 2.75) is 33.7 Å². The lowest BCUT2D eigenvalue weighted by Gasteiger charge is -2.37. The summed E-state index contributed by atoms with van der Waals surface area (Å²) in [4.78, 5) is 43.1. The summed E-state index contributed by atoms with van der Waals surface area (Å²) >= 11 is 0. The van der Waals surface area contributed by atoms with Crippen LogP contribution in [0, 0.1) is 13.8 Å². The van der Waals surface area contributed by atoms with E-state index in [-0.39, 0.29) is 36.3 Å². The molecule has 0 bridgehead atoms. The Morgan fingerprint density at radius 2 is 1.59 bits per heavy atom. The zero-order valence-electron chi connectivity index (χ0n) is 18.8.